The molecule has 1 saturated heterocycles. The first-order valence-corrected chi connectivity index (χ1v) is 11.5. The van der Waals surface area contributed by atoms with E-state index in [1.165, 1.54) is 17.4 Å². The highest BCUT2D eigenvalue weighted by molar-refractivity contribution is 7.12. The van der Waals surface area contributed by atoms with E-state index in [4.69, 9.17) is 16.3 Å². The van der Waals surface area contributed by atoms with Crippen LogP contribution in [0, 0.1) is 12.7 Å². The number of rotatable bonds is 6. The molecule has 31 heavy (non-hydrogen) atoms. The molecular weight excluding hydrogens is 435 g/mol. The third-order valence-corrected chi connectivity index (χ3v) is 6.78. The number of benzene rings is 2. The van der Waals surface area contributed by atoms with Gasteiger partial charge in [-0.15, -0.1) is 11.3 Å². The third-order valence-electron chi connectivity index (χ3n) is 5.46. The van der Waals surface area contributed by atoms with Gasteiger partial charge in [-0.3, -0.25) is 9.69 Å². The van der Waals surface area contributed by atoms with E-state index in [0.29, 0.717) is 54.8 Å². The summed E-state index contributed by atoms with van der Waals surface area (Å²) in [6.07, 6.45) is 0. The molecule has 1 aliphatic rings. The highest BCUT2D eigenvalue weighted by atomic mass is 35.5. The van der Waals surface area contributed by atoms with Gasteiger partial charge in [0.2, 0.25) is 0 Å². The second-order valence-corrected chi connectivity index (χ2v) is 8.96. The average molecular weight is 459 g/mol. The zero-order valence-corrected chi connectivity index (χ0v) is 18.9. The normalized spacial score (nSPS) is 14.6. The van der Waals surface area contributed by atoms with Crippen molar-refractivity contribution in [2.24, 2.45) is 0 Å². The molecule has 162 valence electrons. The lowest BCUT2D eigenvalue weighted by atomic mass is 10.1. The number of ether oxygens (including phenoxy) is 1. The first-order chi connectivity index (χ1) is 15.0. The van der Waals surface area contributed by atoms with Crippen LogP contribution in [0.3, 0.4) is 0 Å². The van der Waals surface area contributed by atoms with Gasteiger partial charge < -0.3 is 9.64 Å². The molecule has 2 aromatic carbocycles. The average Bonchev–Trinajstić information content (AvgIpc) is 3.25. The van der Waals surface area contributed by atoms with Gasteiger partial charge in [-0.2, -0.15) is 0 Å². The van der Waals surface area contributed by atoms with E-state index in [9.17, 15) is 9.18 Å². The van der Waals surface area contributed by atoms with E-state index in [2.05, 4.69) is 4.90 Å². The van der Waals surface area contributed by atoms with Crippen molar-refractivity contribution in [2.75, 3.05) is 26.2 Å². The maximum Gasteiger partial charge on any atom is 0.264 e. The Bertz CT molecular complexity index is 1040. The molecule has 1 fully saturated rings. The predicted molar refractivity (Wildman–Crippen MR) is 122 cm³/mol. The number of amides is 1. The molecule has 1 aliphatic heterocycles. The van der Waals surface area contributed by atoms with Gasteiger partial charge in [0, 0.05) is 48.9 Å². The lowest BCUT2D eigenvalue weighted by Gasteiger charge is -2.34. The molecule has 1 aromatic heterocycles. The summed E-state index contributed by atoms with van der Waals surface area (Å²) < 4.78 is 19.9. The Morgan fingerprint density at radius 2 is 1.90 bits per heavy atom. The predicted octanol–water partition coefficient (Wildman–Crippen LogP) is 5.39. The minimum atomic E-state index is -0.287. The maximum absolute atomic E-state index is 14.0. The van der Waals surface area contributed by atoms with Crippen molar-refractivity contribution in [1.29, 1.82) is 0 Å². The molecule has 0 N–H and O–H groups in total. The number of nitrogens with zero attached hydrogens (tertiary/aromatic N) is 2. The van der Waals surface area contributed by atoms with Crippen molar-refractivity contribution >= 4 is 28.8 Å². The molecule has 2 heterocycles. The van der Waals surface area contributed by atoms with Crippen molar-refractivity contribution < 1.29 is 13.9 Å². The van der Waals surface area contributed by atoms with E-state index in [-0.39, 0.29) is 11.7 Å². The Kier molecular flexibility index (Phi) is 6.90. The minimum absolute atomic E-state index is 0.0377. The summed E-state index contributed by atoms with van der Waals surface area (Å²) in [4.78, 5) is 17.6. The van der Waals surface area contributed by atoms with Crippen LogP contribution in [0.15, 0.2) is 53.9 Å². The minimum Gasteiger partial charge on any atom is -0.489 e. The second kappa shape index (κ2) is 9.81. The number of carbonyl (C=O) groups excluding carboxylic acids is 1. The molecule has 0 bridgehead atoms. The molecule has 0 saturated carbocycles. The smallest absolute Gasteiger partial charge is 0.264 e. The number of hydrogen-bond acceptors (Lipinski definition) is 4. The van der Waals surface area contributed by atoms with Crippen molar-refractivity contribution in [1.82, 2.24) is 9.80 Å². The van der Waals surface area contributed by atoms with Crippen LogP contribution >= 0.6 is 22.9 Å². The number of halogens is 2. The Labute approximate surface area is 190 Å². The number of aryl methyl sites for hydroxylation is 1. The largest absolute Gasteiger partial charge is 0.489 e. The van der Waals surface area contributed by atoms with Gasteiger partial charge in [-0.25, -0.2) is 4.39 Å². The number of carbonyl (C=O) groups is 1. The topological polar surface area (TPSA) is 32.8 Å². The Morgan fingerprint density at radius 1 is 1.13 bits per heavy atom. The molecule has 0 spiro atoms. The fourth-order valence-electron chi connectivity index (χ4n) is 3.61. The van der Waals surface area contributed by atoms with E-state index in [0.717, 1.165) is 16.9 Å². The molecule has 0 radical (unpaired) electrons. The summed E-state index contributed by atoms with van der Waals surface area (Å²) in [5, 5.41) is 2.42. The van der Waals surface area contributed by atoms with Crippen LogP contribution < -0.4 is 4.74 Å². The van der Waals surface area contributed by atoms with Gasteiger partial charge in [-0.05, 0) is 42.1 Å². The standard InChI is InChI=1S/C24H24ClFN2O2S/c1-17-5-2-3-8-22(17)30-15-18-13-23(31-16-18)24(29)28-11-9-27(10-12-28)14-19-20(25)6-4-7-21(19)26/h2-8,13,16H,9-12,14-15H2,1H3. The summed E-state index contributed by atoms with van der Waals surface area (Å²) in [7, 11) is 0. The lowest BCUT2D eigenvalue weighted by Crippen LogP contribution is -2.48. The highest BCUT2D eigenvalue weighted by Crippen LogP contribution is 2.24. The number of para-hydroxylation sites is 1. The quantitative estimate of drug-likeness (QED) is 0.496. The van der Waals surface area contributed by atoms with Crippen molar-refractivity contribution in [3.05, 3.63) is 86.3 Å². The van der Waals surface area contributed by atoms with Crippen LogP contribution in [0.4, 0.5) is 4.39 Å². The first-order valence-electron chi connectivity index (χ1n) is 10.2. The van der Waals surface area contributed by atoms with Crippen LogP contribution in [0.1, 0.15) is 26.4 Å². The van der Waals surface area contributed by atoms with Gasteiger partial charge in [-0.1, -0.05) is 35.9 Å². The molecule has 0 atom stereocenters. The molecule has 4 nitrogen and oxygen atoms in total. The zero-order chi connectivity index (χ0) is 21.8. The second-order valence-electron chi connectivity index (χ2n) is 7.64. The molecule has 0 aliphatic carbocycles. The van der Waals surface area contributed by atoms with Crippen LogP contribution in [0.25, 0.3) is 0 Å². The van der Waals surface area contributed by atoms with Gasteiger partial charge in [0.05, 0.1) is 4.88 Å². The van der Waals surface area contributed by atoms with E-state index < -0.39 is 0 Å². The van der Waals surface area contributed by atoms with Gasteiger partial charge >= 0.3 is 0 Å². The Morgan fingerprint density at radius 3 is 2.65 bits per heavy atom. The number of thiophene rings is 1. The monoisotopic (exact) mass is 458 g/mol. The summed E-state index contributed by atoms with van der Waals surface area (Å²) in [6.45, 7) is 5.49. The lowest BCUT2D eigenvalue weighted by molar-refractivity contribution is 0.0631. The zero-order valence-electron chi connectivity index (χ0n) is 17.3. The summed E-state index contributed by atoms with van der Waals surface area (Å²) in [5.74, 6) is 0.605. The number of hydrogen-bond donors (Lipinski definition) is 0. The fourth-order valence-corrected chi connectivity index (χ4v) is 4.70. The van der Waals surface area contributed by atoms with E-state index in [1.807, 2.05) is 47.5 Å². The SMILES string of the molecule is Cc1ccccc1OCc1csc(C(=O)N2CCN(Cc3c(F)cccc3Cl)CC2)c1. The molecule has 4 rings (SSSR count). The third kappa shape index (κ3) is 5.26. The number of piperazine rings is 1. The molecule has 7 heteroatoms. The molecule has 0 unspecified atom stereocenters. The summed E-state index contributed by atoms with van der Waals surface area (Å²) in [5.41, 5.74) is 2.59. The van der Waals surface area contributed by atoms with E-state index in [1.54, 1.807) is 12.1 Å². The van der Waals surface area contributed by atoms with Gasteiger partial charge in [0.25, 0.3) is 5.91 Å². The molecule has 1 amide bonds. The van der Waals surface area contributed by atoms with Crippen molar-refractivity contribution in [3.8, 4) is 5.75 Å². The maximum atomic E-state index is 14.0. The summed E-state index contributed by atoms with van der Waals surface area (Å²) in [6, 6.07) is 14.5. The van der Waals surface area contributed by atoms with Crippen molar-refractivity contribution in [3.63, 3.8) is 0 Å². The fraction of sp³-hybridized carbons (Fsp3) is 0.292. The van der Waals surface area contributed by atoms with E-state index >= 15 is 0 Å². The first kappa shape index (κ1) is 21.8. The molecule has 3 aromatic rings. The van der Waals surface area contributed by atoms with Crippen LogP contribution in [-0.4, -0.2) is 41.9 Å². The van der Waals surface area contributed by atoms with Gasteiger partial charge in [0.1, 0.15) is 18.2 Å². The van der Waals surface area contributed by atoms with Gasteiger partial charge in [0.15, 0.2) is 0 Å². The highest BCUT2D eigenvalue weighted by Gasteiger charge is 2.24. The Hall–Kier alpha value is -2.41. The van der Waals surface area contributed by atoms with Crippen LogP contribution in [-0.2, 0) is 13.2 Å². The van der Waals surface area contributed by atoms with Crippen LogP contribution in [0.2, 0.25) is 5.02 Å². The van der Waals surface area contributed by atoms with Crippen LogP contribution in [0.5, 0.6) is 5.75 Å². The Balaban J connectivity index is 1.30. The molecular formula is C24H24ClFN2O2S. The van der Waals surface area contributed by atoms with Crippen molar-refractivity contribution in [2.45, 2.75) is 20.1 Å². The summed E-state index contributed by atoms with van der Waals surface area (Å²) >= 11 is 7.59.